The first-order valence-electron chi connectivity index (χ1n) is 5.84. The number of anilines is 1. The fourth-order valence-corrected chi connectivity index (χ4v) is 2.33. The molecule has 0 aliphatic heterocycles. The second-order valence-corrected chi connectivity index (χ2v) is 4.95. The van der Waals surface area contributed by atoms with Crippen LogP contribution in [0.5, 0.6) is 0 Å². The SMILES string of the molecule is CCCNc1cc(C(F)F)nc2c(Cl)cc(Cl)cc12. The number of nitrogens with zero attached hydrogens (tertiary/aromatic N) is 1. The third-order valence-electron chi connectivity index (χ3n) is 2.64. The van der Waals surface area contributed by atoms with E-state index in [2.05, 4.69) is 10.3 Å². The molecule has 0 saturated heterocycles. The van der Waals surface area contributed by atoms with Gasteiger partial charge in [0.05, 0.1) is 10.5 Å². The van der Waals surface area contributed by atoms with E-state index in [4.69, 9.17) is 23.2 Å². The molecule has 0 saturated carbocycles. The largest absolute Gasteiger partial charge is 0.384 e. The molecule has 0 radical (unpaired) electrons. The lowest BCUT2D eigenvalue weighted by atomic mass is 10.1. The molecule has 0 fully saturated rings. The molecule has 0 aliphatic rings. The van der Waals surface area contributed by atoms with Crippen LogP contribution < -0.4 is 5.32 Å². The third-order valence-corrected chi connectivity index (χ3v) is 3.15. The molecule has 19 heavy (non-hydrogen) atoms. The van der Waals surface area contributed by atoms with Crippen LogP contribution in [0.25, 0.3) is 10.9 Å². The number of alkyl halides is 2. The molecule has 0 aliphatic carbocycles. The Kier molecular flexibility index (Phi) is 4.42. The zero-order chi connectivity index (χ0) is 14.0. The van der Waals surface area contributed by atoms with Crippen LogP contribution in [0.15, 0.2) is 18.2 Å². The summed E-state index contributed by atoms with van der Waals surface area (Å²) in [5.74, 6) is 0. The molecular weight excluding hydrogens is 293 g/mol. The van der Waals surface area contributed by atoms with Crippen LogP contribution in [0.3, 0.4) is 0 Å². The molecule has 0 amide bonds. The molecule has 1 aromatic carbocycles. The third kappa shape index (κ3) is 3.07. The van der Waals surface area contributed by atoms with Gasteiger partial charge in [-0.15, -0.1) is 0 Å². The van der Waals surface area contributed by atoms with Gasteiger partial charge in [0.25, 0.3) is 6.43 Å². The Labute approximate surface area is 119 Å². The van der Waals surface area contributed by atoms with Crippen LogP contribution in [0.1, 0.15) is 25.5 Å². The molecule has 0 spiro atoms. The molecule has 0 unspecified atom stereocenters. The number of hydrogen-bond acceptors (Lipinski definition) is 2. The summed E-state index contributed by atoms with van der Waals surface area (Å²) in [6.45, 7) is 2.66. The van der Waals surface area contributed by atoms with Crippen LogP contribution in [0.2, 0.25) is 10.0 Å². The maximum Gasteiger partial charge on any atom is 0.280 e. The van der Waals surface area contributed by atoms with Gasteiger partial charge in [-0.25, -0.2) is 13.8 Å². The monoisotopic (exact) mass is 304 g/mol. The number of rotatable bonds is 4. The molecule has 0 bridgehead atoms. The smallest absolute Gasteiger partial charge is 0.280 e. The summed E-state index contributed by atoms with van der Waals surface area (Å²) in [6, 6.07) is 4.51. The van der Waals surface area contributed by atoms with E-state index < -0.39 is 6.43 Å². The van der Waals surface area contributed by atoms with Gasteiger partial charge in [-0.05, 0) is 24.6 Å². The van der Waals surface area contributed by atoms with Crippen molar-refractivity contribution in [1.29, 1.82) is 0 Å². The predicted octanol–water partition coefficient (Wildman–Crippen LogP) is 5.30. The van der Waals surface area contributed by atoms with Crippen molar-refractivity contribution in [2.45, 2.75) is 19.8 Å². The molecule has 2 aromatic rings. The van der Waals surface area contributed by atoms with Crippen molar-refractivity contribution < 1.29 is 8.78 Å². The number of benzene rings is 1. The van der Waals surface area contributed by atoms with Crippen molar-refractivity contribution in [3.8, 4) is 0 Å². The predicted molar refractivity (Wildman–Crippen MR) is 75.5 cm³/mol. The standard InChI is InChI=1S/C13H12Cl2F2N2/c1-2-3-18-10-6-11(13(16)17)19-12-8(10)4-7(14)5-9(12)15/h4-6,13H,2-3H2,1H3,(H,18,19). The summed E-state index contributed by atoms with van der Waals surface area (Å²) >= 11 is 12.0. The number of nitrogens with one attached hydrogen (secondary N) is 1. The van der Waals surface area contributed by atoms with Crippen molar-refractivity contribution in [2.24, 2.45) is 0 Å². The highest BCUT2D eigenvalue weighted by Crippen LogP contribution is 2.34. The van der Waals surface area contributed by atoms with E-state index in [0.29, 0.717) is 28.2 Å². The fraction of sp³-hybridized carbons (Fsp3) is 0.308. The topological polar surface area (TPSA) is 24.9 Å². The highest BCUT2D eigenvalue weighted by Gasteiger charge is 2.15. The van der Waals surface area contributed by atoms with Crippen molar-refractivity contribution in [3.63, 3.8) is 0 Å². The van der Waals surface area contributed by atoms with E-state index in [-0.39, 0.29) is 10.7 Å². The van der Waals surface area contributed by atoms with Gasteiger partial charge in [0.1, 0.15) is 5.69 Å². The highest BCUT2D eigenvalue weighted by atomic mass is 35.5. The van der Waals surface area contributed by atoms with Gasteiger partial charge < -0.3 is 5.32 Å². The van der Waals surface area contributed by atoms with Gasteiger partial charge in [-0.3, -0.25) is 0 Å². The minimum Gasteiger partial charge on any atom is -0.384 e. The van der Waals surface area contributed by atoms with Gasteiger partial charge >= 0.3 is 0 Å². The first-order valence-corrected chi connectivity index (χ1v) is 6.60. The maximum atomic E-state index is 12.8. The summed E-state index contributed by atoms with van der Waals surface area (Å²) < 4.78 is 25.7. The number of pyridine rings is 1. The quantitative estimate of drug-likeness (QED) is 0.829. The Morgan fingerprint density at radius 3 is 2.63 bits per heavy atom. The van der Waals surface area contributed by atoms with Crippen molar-refractivity contribution >= 4 is 39.8 Å². The second kappa shape index (κ2) is 5.88. The lowest BCUT2D eigenvalue weighted by molar-refractivity contribution is 0.146. The summed E-state index contributed by atoms with van der Waals surface area (Å²) in [5, 5.41) is 4.46. The fourth-order valence-electron chi connectivity index (χ4n) is 1.79. The first kappa shape index (κ1) is 14.3. The molecule has 0 atom stereocenters. The van der Waals surface area contributed by atoms with Gasteiger partial charge in [0.15, 0.2) is 0 Å². The van der Waals surface area contributed by atoms with Crippen molar-refractivity contribution in [1.82, 2.24) is 4.98 Å². The maximum absolute atomic E-state index is 12.8. The molecule has 6 heteroatoms. The number of halogens is 4. The van der Waals surface area contributed by atoms with Gasteiger partial charge in [0.2, 0.25) is 0 Å². The van der Waals surface area contributed by atoms with Gasteiger partial charge in [-0.1, -0.05) is 30.1 Å². The zero-order valence-electron chi connectivity index (χ0n) is 10.2. The number of aromatic nitrogens is 1. The van der Waals surface area contributed by atoms with Gasteiger partial charge in [-0.2, -0.15) is 0 Å². The number of fused-ring (bicyclic) bond motifs is 1. The van der Waals surface area contributed by atoms with E-state index in [0.717, 1.165) is 6.42 Å². The molecule has 1 aromatic heterocycles. The van der Waals surface area contributed by atoms with E-state index in [1.807, 2.05) is 6.92 Å². The van der Waals surface area contributed by atoms with E-state index in [9.17, 15) is 8.78 Å². The van der Waals surface area contributed by atoms with Crippen LogP contribution in [0, 0.1) is 0 Å². The molecule has 1 N–H and O–H groups in total. The minimum atomic E-state index is -2.64. The van der Waals surface area contributed by atoms with E-state index in [1.165, 1.54) is 12.1 Å². The Hall–Kier alpha value is -1.13. The summed E-state index contributed by atoms with van der Waals surface area (Å²) in [7, 11) is 0. The van der Waals surface area contributed by atoms with Crippen molar-refractivity contribution in [3.05, 3.63) is 33.9 Å². The Morgan fingerprint density at radius 2 is 2.00 bits per heavy atom. The molecule has 102 valence electrons. The Morgan fingerprint density at radius 1 is 1.26 bits per heavy atom. The lowest BCUT2D eigenvalue weighted by Crippen LogP contribution is -2.03. The van der Waals surface area contributed by atoms with Crippen LogP contribution >= 0.6 is 23.2 Å². The van der Waals surface area contributed by atoms with Crippen LogP contribution in [-0.4, -0.2) is 11.5 Å². The zero-order valence-corrected chi connectivity index (χ0v) is 11.7. The summed E-state index contributed by atoms with van der Waals surface area (Å²) in [6.07, 6.45) is -1.76. The molecule has 1 heterocycles. The highest BCUT2D eigenvalue weighted by molar-refractivity contribution is 6.38. The molecular formula is C13H12Cl2F2N2. The lowest BCUT2D eigenvalue weighted by Gasteiger charge is -2.12. The second-order valence-electron chi connectivity index (χ2n) is 4.11. The van der Waals surface area contributed by atoms with Gasteiger partial charge in [0, 0.05) is 22.6 Å². The average Bonchev–Trinajstić information content (AvgIpc) is 2.35. The average molecular weight is 305 g/mol. The first-order chi connectivity index (χ1) is 9.02. The molecule has 2 rings (SSSR count). The Bertz CT molecular complexity index is 603. The summed E-state index contributed by atoms with van der Waals surface area (Å²) in [4.78, 5) is 3.90. The van der Waals surface area contributed by atoms with E-state index >= 15 is 0 Å². The minimum absolute atomic E-state index is 0.268. The number of hydrogen-bond donors (Lipinski definition) is 1. The van der Waals surface area contributed by atoms with Crippen LogP contribution in [0.4, 0.5) is 14.5 Å². The van der Waals surface area contributed by atoms with E-state index in [1.54, 1.807) is 6.07 Å². The summed E-state index contributed by atoms with van der Waals surface area (Å²) in [5.41, 5.74) is 0.615. The Balaban J connectivity index is 2.67. The molecule has 2 nitrogen and oxygen atoms in total. The normalized spacial score (nSPS) is 11.3. The van der Waals surface area contributed by atoms with Crippen LogP contribution in [-0.2, 0) is 0 Å². The van der Waals surface area contributed by atoms with Crippen molar-refractivity contribution in [2.75, 3.05) is 11.9 Å².